The van der Waals surface area contributed by atoms with Gasteiger partial charge in [-0.25, -0.2) is 17.9 Å². The summed E-state index contributed by atoms with van der Waals surface area (Å²) in [6.45, 7) is 0.363. The molecule has 0 aromatic heterocycles. The molecule has 0 unspecified atom stereocenters. The third kappa shape index (κ3) is 4.80. The first-order valence-electron chi connectivity index (χ1n) is 4.86. The predicted molar refractivity (Wildman–Crippen MR) is 62.2 cm³/mol. The number of hydrogen-bond donors (Lipinski definition) is 2. The summed E-state index contributed by atoms with van der Waals surface area (Å²) in [5.41, 5.74) is 0.469. The number of nitrogens with zero attached hydrogens (tertiary/aromatic N) is 1. The molecule has 0 aliphatic rings. The summed E-state index contributed by atoms with van der Waals surface area (Å²) in [7, 11) is -3.45. The Morgan fingerprint density at radius 3 is 2.71 bits per heavy atom. The average Bonchev–Trinajstić information content (AvgIpc) is 2.23. The molecule has 0 aliphatic heterocycles. The Morgan fingerprint density at radius 1 is 1.47 bits per heavy atom. The number of primary sulfonamides is 1. The first kappa shape index (κ1) is 13.4. The minimum absolute atomic E-state index is 0.0277. The van der Waals surface area contributed by atoms with Crippen LogP contribution in [0.5, 0.6) is 0 Å². The van der Waals surface area contributed by atoms with Gasteiger partial charge >= 0.3 is 0 Å². The number of nitrogens with two attached hydrogens (primary N) is 1. The smallest absolute Gasteiger partial charge is 0.209 e. The van der Waals surface area contributed by atoms with Crippen LogP contribution in [0, 0.1) is 17.1 Å². The van der Waals surface area contributed by atoms with E-state index in [-0.39, 0.29) is 11.3 Å². The van der Waals surface area contributed by atoms with Gasteiger partial charge < -0.3 is 5.32 Å². The molecule has 1 aromatic rings. The largest absolute Gasteiger partial charge is 0.385 e. The predicted octanol–water partition coefficient (Wildman–Crippen LogP) is 0.788. The molecule has 0 saturated heterocycles. The number of anilines is 1. The quantitative estimate of drug-likeness (QED) is 0.762. The van der Waals surface area contributed by atoms with E-state index >= 15 is 0 Å². The Balaban J connectivity index is 2.48. The van der Waals surface area contributed by atoms with Crippen LogP contribution in [0.25, 0.3) is 0 Å². The van der Waals surface area contributed by atoms with E-state index in [1.54, 1.807) is 12.1 Å². The maximum Gasteiger partial charge on any atom is 0.209 e. The summed E-state index contributed by atoms with van der Waals surface area (Å²) in [6, 6.07) is 5.81. The van der Waals surface area contributed by atoms with Gasteiger partial charge in [-0.1, -0.05) is 0 Å². The van der Waals surface area contributed by atoms with E-state index in [0.717, 1.165) is 0 Å². The second-order valence-corrected chi connectivity index (χ2v) is 5.19. The summed E-state index contributed by atoms with van der Waals surface area (Å²) in [4.78, 5) is 0. The summed E-state index contributed by atoms with van der Waals surface area (Å²) < 4.78 is 34.4. The molecule has 1 rings (SSSR count). The van der Waals surface area contributed by atoms with E-state index in [9.17, 15) is 12.8 Å². The van der Waals surface area contributed by atoms with Gasteiger partial charge in [0, 0.05) is 12.2 Å². The van der Waals surface area contributed by atoms with Gasteiger partial charge in [-0.15, -0.1) is 0 Å². The molecule has 0 radical (unpaired) electrons. The van der Waals surface area contributed by atoms with Gasteiger partial charge in [-0.05, 0) is 24.6 Å². The maximum absolute atomic E-state index is 13.2. The number of benzene rings is 1. The Kier molecular flexibility index (Phi) is 4.43. The molecule has 0 amide bonds. The summed E-state index contributed by atoms with van der Waals surface area (Å²) in [5.74, 6) is -0.734. The SMILES string of the molecule is N#Cc1ccc(NCCCS(N)(=O)=O)cc1F. The molecule has 0 aliphatic carbocycles. The number of hydrogen-bond acceptors (Lipinski definition) is 4. The Labute approximate surface area is 99.1 Å². The van der Waals surface area contributed by atoms with Crippen molar-refractivity contribution >= 4 is 15.7 Å². The number of nitrogens with one attached hydrogen (secondary N) is 1. The van der Waals surface area contributed by atoms with Crippen LogP contribution in [0.4, 0.5) is 10.1 Å². The summed E-state index contributed by atoms with van der Waals surface area (Å²) in [5, 5.41) is 16.2. The molecular weight excluding hydrogens is 245 g/mol. The van der Waals surface area contributed by atoms with Crippen molar-refractivity contribution in [3.63, 3.8) is 0 Å². The van der Waals surface area contributed by atoms with E-state index in [2.05, 4.69) is 5.32 Å². The molecule has 92 valence electrons. The first-order chi connectivity index (χ1) is 7.92. The molecule has 0 spiro atoms. The van der Waals surface area contributed by atoms with Crippen LogP contribution in [0.1, 0.15) is 12.0 Å². The Hall–Kier alpha value is -1.65. The van der Waals surface area contributed by atoms with E-state index in [1.165, 1.54) is 12.1 Å². The van der Waals surface area contributed by atoms with Crippen LogP contribution in [-0.4, -0.2) is 20.7 Å². The number of halogens is 1. The molecule has 1 aromatic carbocycles. The maximum atomic E-state index is 13.2. The van der Waals surface area contributed by atoms with Crippen molar-refractivity contribution in [2.24, 2.45) is 5.14 Å². The van der Waals surface area contributed by atoms with Gasteiger partial charge in [0.05, 0.1) is 11.3 Å². The Bertz CT molecular complexity index is 537. The van der Waals surface area contributed by atoms with Crippen LogP contribution in [0.2, 0.25) is 0 Å². The Morgan fingerprint density at radius 2 is 2.18 bits per heavy atom. The number of sulfonamides is 1. The molecule has 17 heavy (non-hydrogen) atoms. The third-order valence-electron chi connectivity index (χ3n) is 2.02. The standard InChI is InChI=1S/C10H12FN3O2S/c11-10-6-9(3-2-8(10)7-12)14-4-1-5-17(13,15)16/h2-3,6,14H,1,4-5H2,(H2,13,15,16). The first-order valence-corrected chi connectivity index (χ1v) is 6.58. The van der Waals surface area contributed by atoms with Crippen molar-refractivity contribution in [1.29, 1.82) is 5.26 Å². The zero-order valence-corrected chi connectivity index (χ0v) is 9.80. The van der Waals surface area contributed by atoms with E-state index in [1.807, 2.05) is 0 Å². The highest BCUT2D eigenvalue weighted by Gasteiger charge is 2.04. The molecule has 7 heteroatoms. The molecular formula is C10H12FN3O2S. The molecule has 0 fully saturated rings. The lowest BCUT2D eigenvalue weighted by Crippen LogP contribution is -2.18. The van der Waals surface area contributed by atoms with Gasteiger partial charge in [0.25, 0.3) is 0 Å². The van der Waals surface area contributed by atoms with E-state index in [0.29, 0.717) is 18.7 Å². The lowest BCUT2D eigenvalue weighted by atomic mass is 10.2. The highest BCUT2D eigenvalue weighted by Crippen LogP contribution is 2.13. The topological polar surface area (TPSA) is 96.0 Å². The zero-order chi connectivity index (χ0) is 12.9. The fourth-order valence-corrected chi connectivity index (χ4v) is 1.77. The van der Waals surface area contributed by atoms with Crippen molar-refractivity contribution < 1.29 is 12.8 Å². The molecule has 0 bridgehead atoms. The monoisotopic (exact) mass is 257 g/mol. The molecule has 0 atom stereocenters. The van der Waals surface area contributed by atoms with Crippen LogP contribution in [0.3, 0.4) is 0 Å². The summed E-state index contributed by atoms with van der Waals surface area (Å²) in [6.07, 6.45) is 0.334. The fraction of sp³-hybridized carbons (Fsp3) is 0.300. The minimum Gasteiger partial charge on any atom is -0.385 e. The van der Waals surface area contributed by atoms with Crippen LogP contribution in [-0.2, 0) is 10.0 Å². The van der Waals surface area contributed by atoms with Gasteiger partial charge in [0.1, 0.15) is 11.9 Å². The third-order valence-corrected chi connectivity index (χ3v) is 2.88. The van der Waals surface area contributed by atoms with Crippen molar-refractivity contribution in [3.05, 3.63) is 29.6 Å². The van der Waals surface area contributed by atoms with E-state index in [4.69, 9.17) is 10.4 Å². The van der Waals surface area contributed by atoms with Gasteiger partial charge in [0.2, 0.25) is 10.0 Å². The number of nitriles is 1. The van der Waals surface area contributed by atoms with Crippen LogP contribution < -0.4 is 10.5 Å². The molecule has 0 saturated carbocycles. The van der Waals surface area contributed by atoms with Crippen LogP contribution in [0.15, 0.2) is 18.2 Å². The lowest BCUT2D eigenvalue weighted by Gasteiger charge is -2.06. The highest BCUT2D eigenvalue weighted by atomic mass is 32.2. The minimum atomic E-state index is -3.45. The molecule has 3 N–H and O–H groups in total. The molecule has 0 heterocycles. The van der Waals surface area contributed by atoms with Gasteiger partial charge in [-0.2, -0.15) is 5.26 Å². The van der Waals surface area contributed by atoms with Gasteiger partial charge in [-0.3, -0.25) is 0 Å². The van der Waals surface area contributed by atoms with Crippen LogP contribution >= 0.6 is 0 Å². The second kappa shape index (κ2) is 5.61. The average molecular weight is 257 g/mol. The summed E-state index contributed by atoms with van der Waals surface area (Å²) >= 11 is 0. The normalized spacial score (nSPS) is 10.9. The second-order valence-electron chi connectivity index (χ2n) is 3.45. The molecule has 5 nitrogen and oxygen atoms in total. The fourth-order valence-electron chi connectivity index (χ4n) is 1.22. The van der Waals surface area contributed by atoms with Crippen molar-refractivity contribution in [2.75, 3.05) is 17.6 Å². The van der Waals surface area contributed by atoms with Crippen molar-refractivity contribution in [2.45, 2.75) is 6.42 Å². The number of rotatable bonds is 5. The zero-order valence-electron chi connectivity index (χ0n) is 8.98. The van der Waals surface area contributed by atoms with Crippen molar-refractivity contribution in [1.82, 2.24) is 0 Å². The van der Waals surface area contributed by atoms with Gasteiger partial charge in [0.15, 0.2) is 0 Å². The van der Waals surface area contributed by atoms with Crippen molar-refractivity contribution in [3.8, 4) is 6.07 Å². The lowest BCUT2D eigenvalue weighted by molar-refractivity contribution is 0.595. The van der Waals surface area contributed by atoms with E-state index < -0.39 is 15.8 Å². The highest BCUT2D eigenvalue weighted by molar-refractivity contribution is 7.89.